The summed E-state index contributed by atoms with van der Waals surface area (Å²) in [5, 5.41) is 9.21. The molecule has 2 heterocycles. The average Bonchev–Trinajstić information content (AvgIpc) is 2.88. The van der Waals surface area contributed by atoms with Gasteiger partial charge in [-0.2, -0.15) is 5.11 Å². The van der Waals surface area contributed by atoms with E-state index in [1.807, 2.05) is 41.3 Å². The van der Waals surface area contributed by atoms with Crippen LogP contribution in [-0.4, -0.2) is 67.2 Å². The zero-order valence-corrected chi connectivity index (χ0v) is 20.2. The third-order valence-electron chi connectivity index (χ3n) is 5.68. The van der Waals surface area contributed by atoms with Crippen LogP contribution in [0.3, 0.4) is 0 Å². The Balaban J connectivity index is 1.31. The number of ether oxygens (including phenoxy) is 2. The first-order valence-electron chi connectivity index (χ1n) is 11.5. The van der Waals surface area contributed by atoms with Crippen LogP contribution < -0.4 is 0 Å². The van der Waals surface area contributed by atoms with E-state index in [0.717, 1.165) is 11.1 Å². The van der Waals surface area contributed by atoms with E-state index < -0.39 is 6.23 Å². The highest BCUT2D eigenvalue weighted by atomic mass is 35.5. The molecule has 0 aliphatic carbocycles. The van der Waals surface area contributed by atoms with Crippen LogP contribution >= 0.6 is 11.6 Å². The van der Waals surface area contributed by atoms with Crippen LogP contribution in [0.25, 0.3) is 5.57 Å². The lowest BCUT2D eigenvalue weighted by Gasteiger charge is -2.34. The van der Waals surface area contributed by atoms with Gasteiger partial charge < -0.3 is 14.4 Å². The van der Waals surface area contributed by atoms with Crippen LogP contribution in [0.2, 0.25) is 5.02 Å². The molecule has 182 valence electrons. The van der Waals surface area contributed by atoms with Gasteiger partial charge in [0.1, 0.15) is 0 Å². The third-order valence-corrected chi connectivity index (χ3v) is 5.94. The molecular weight excluding hydrogens is 468 g/mol. The van der Waals surface area contributed by atoms with Gasteiger partial charge >= 0.3 is 5.97 Å². The van der Waals surface area contributed by atoms with Crippen molar-refractivity contribution in [1.29, 1.82) is 0 Å². The molecule has 2 aromatic carbocycles. The molecule has 1 fully saturated rings. The number of allylic oxidation sites excluding steroid dienone is 2. The zero-order valence-electron chi connectivity index (χ0n) is 19.5. The summed E-state index contributed by atoms with van der Waals surface area (Å²) >= 11 is 5.97. The summed E-state index contributed by atoms with van der Waals surface area (Å²) in [5.74, 6) is -0.274. The van der Waals surface area contributed by atoms with Crippen LogP contribution in [0.1, 0.15) is 22.8 Å². The number of amides is 1. The van der Waals surface area contributed by atoms with Crippen molar-refractivity contribution in [2.45, 2.75) is 13.2 Å². The van der Waals surface area contributed by atoms with Crippen molar-refractivity contribution in [3.05, 3.63) is 83.1 Å². The van der Waals surface area contributed by atoms with Gasteiger partial charge in [0.05, 0.1) is 25.1 Å². The van der Waals surface area contributed by atoms with Crippen LogP contribution in [0, 0.1) is 0 Å². The maximum Gasteiger partial charge on any atom is 0.320 e. The highest BCUT2D eigenvalue weighted by Crippen LogP contribution is 2.24. The molecule has 1 saturated heterocycles. The molecule has 0 saturated carbocycles. The molecule has 2 aliphatic rings. The normalized spacial score (nSPS) is 18.3. The lowest BCUT2D eigenvalue weighted by molar-refractivity contribution is -0.144. The smallest absolute Gasteiger partial charge is 0.320 e. The lowest BCUT2D eigenvalue weighted by Crippen LogP contribution is -2.50. The summed E-state index contributed by atoms with van der Waals surface area (Å²) in [6.07, 6.45) is 4.80. The maximum atomic E-state index is 12.9. The molecule has 0 N–H and O–H groups in total. The van der Waals surface area contributed by atoms with E-state index in [2.05, 4.69) is 10.2 Å². The largest absolute Gasteiger partial charge is 0.471 e. The van der Waals surface area contributed by atoms with Crippen molar-refractivity contribution in [1.82, 2.24) is 9.80 Å². The molecule has 2 aliphatic heterocycles. The van der Waals surface area contributed by atoms with Crippen molar-refractivity contribution in [2.75, 3.05) is 39.3 Å². The summed E-state index contributed by atoms with van der Waals surface area (Å²) in [5.41, 5.74) is 3.20. The molecule has 35 heavy (non-hydrogen) atoms. The highest BCUT2D eigenvalue weighted by molar-refractivity contribution is 6.30. The number of esters is 1. The summed E-state index contributed by atoms with van der Waals surface area (Å²) in [4.78, 5) is 28.3. The lowest BCUT2D eigenvalue weighted by atomic mass is 10.0. The third kappa shape index (κ3) is 6.77. The molecule has 2 aromatic rings. The van der Waals surface area contributed by atoms with Gasteiger partial charge in [0.15, 0.2) is 0 Å². The summed E-state index contributed by atoms with van der Waals surface area (Å²) in [6, 6.07) is 14.6. The van der Waals surface area contributed by atoms with Crippen molar-refractivity contribution in [3.8, 4) is 0 Å². The summed E-state index contributed by atoms with van der Waals surface area (Å²) in [6.45, 7) is 4.82. The standard InChI is InChI=1S/C26H27ClN4O4/c1-2-34-25(32)18-30-12-14-31(15-13-30)26(33)20-5-9-23(10-6-20)28-29-24-17-21(11-16-35-24)19-3-7-22(27)8-4-19/h3-11,16-17,24H,2,12-15,18H2,1H3. The zero-order chi connectivity index (χ0) is 24.6. The van der Waals surface area contributed by atoms with E-state index >= 15 is 0 Å². The van der Waals surface area contributed by atoms with E-state index in [4.69, 9.17) is 21.1 Å². The fourth-order valence-corrected chi connectivity index (χ4v) is 3.94. The number of halogens is 1. The van der Waals surface area contributed by atoms with Gasteiger partial charge in [-0.25, -0.2) is 0 Å². The van der Waals surface area contributed by atoms with Crippen molar-refractivity contribution >= 4 is 34.7 Å². The van der Waals surface area contributed by atoms with E-state index in [0.29, 0.717) is 49.1 Å². The number of hydrogen-bond acceptors (Lipinski definition) is 7. The molecule has 0 bridgehead atoms. The molecule has 0 radical (unpaired) electrons. The van der Waals surface area contributed by atoms with E-state index in [9.17, 15) is 9.59 Å². The molecule has 1 unspecified atom stereocenters. The Morgan fingerprint density at radius 1 is 1.06 bits per heavy atom. The Morgan fingerprint density at radius 2 is 1.77 bits per heavy atom. The predicted molar refractivity (Wildman–Crippen MR) is 133 cm³/mol. The van der Waals surface area contributed by atoms with E-state index in [1.165, 1.54) is 0 Å². The second-order valence-corrected chi connectivity index (χ2v) is 8.53. The molecule has 1 amide bonds. The van der Waals surface area contributed by atoms with Crippen LogP contribution in [0.5, 0.6) is 0 Å². The average molecular weight is 495 g/mol. The monoisotopic (exact) mass is 494 g/mol. The summed E-state index contributed by atoms with van der Waals surface area (Å²) < 4.78 is 10.5. The Kier molecular flexibility index (Phi) is 8.28. The SMILES string of the molecule is CCOC(=O)CN1CCN(C(=O)c2ccc(N=NC3C=C(c4ccc(Cl)cc4)C=CO3)cc2)CC1. The highest BCUT2D eigenvalue weighted by Gasteiger charge is 2.23. The van der Waals surface area contributed by atoms with Crippen LogP contribution in [0.4, 0.5) is 5.69 Å². The predicted octanol–water partition coefficient (Wildman–Crippen LogP) is 4.70. The van der Waals surface area contributed by atoms with Crippen LogP contribution in [-0.2, 0) is 14.3 Å². The number of rotatable bonds is 7. The minimum absolute atomic E-state index is 0.0411. The first-order valence-corrected chi connectivity index (χ1v) is 11.9. The molecule has 9 heteroatoms. The van der Waals surface area contributed by atoms with E-state index in [1.54, 1.807) is 42.4 Å². The topological polar surface area (TPSA) is 83.8 Å². The van der Waals surface area contributed by atoms with Gasteiger partial charge in [0, 0.05) is 36.8 Å². The Labute approximate surface area is 209 Å². The van der Waals surface area contributed by atoms with Gasteiger partial charge in [-0.15, -0.1) is 5.11 Å². The second kappa shape index (κ2) is 11.8. The molecule has 4 rings (SSSR count). The van der Waals surface area contributed by atoms with Gasteiger partial charge in [0.25, 0.3) is 5.91 Å². The number of nitrogens with zero attached hydrogens (tertiary/aromatic N) is 4. The quantitative estimate of drug-likeness (QED) is 0.411. The van der Waals surface area contributed by atoms with Crippen molar-refractivity contribution < 1.29 is 19.1 Å². The minimum Gasteiger partial charge on any atom is -0.471 e. The van der Waals surface area contributed by atoms with Gasteiger partial charge in [0.2, 0.25) is 6.23 Å². The fraction of sp³-hybridized carbons (Fsp3) is 0.308. The fourth-order valence-electron chi connectivity index (χ4n) is 3.81. The number of hydrogen-bond donors (Lipinski definition) is 0. The number of piperazine rings is 1. The Morgan fingerprint density at radius 3 is 2.46 bits per heavy atom. The molecule has 8 nitrogen and oxygen atoms in total. The molecule has 1 atom stereocenters. The molecular formula is C26H27ClN4O4. The molecule has 0 aromatic heterocycles. The Bertz CT molecular complexity index is 1120. The van der Waals surface area contributed by atoms with Gasteiger partial charge in [-0.1, -0.05) is 23.7 Å². The number of carbonyl (C=O) groups is 2. The Hall–Kier alpha value is -3.49. The number of azo groups is 1. The first-order chi connectivity index (χ1) is 17.0. The van der Waals surface area contributed by atoms with E-state index in [-0.39, 0.29) is 18.4 Å². The summed E-state index contributed by atoms with van der Waals surface area (Å²) in [7, 11) is 0. The first kappa shape index (κ1) is 24.6. The van der Waals surface area contributed by atoms with Gasteiger partial charge in [-0.3, -0.25) is 14.5 Å². The van der Waals surface area contributed by atoms with Crippen molar-refractivity contribution in [3.63, 3.8) is 0 Å². The minimum atomic E-state index is -0.544. The van der Waals surface area contributed by atoms with Crippen LogP contribution in [0.15, 0.2) is 77.2 Å². The van der Waals surface area contributed by atoms with Gasteiger partial charge in [-0.05, 0) is 66.6 Å². The van der Waals surface area contributed by atoms with Crippen molar-refractivity contribution in [2.24, 2.45) is 10.2 Å². The maximum absolute atomic E-state index is 12.9. The number of carbonyl (C=O) groups excluding carboxylic acids is 2. The molecule has 0 spiro atoms. The second-order valence-electron chi connectivity index (χ2n) is 8.09. The number of benzene rings is 2.